The van der Waals surface area contributed by atoms with Gasteiger partial charge in [0.05, 0.1) is 7.11 Å². The van der Waals surface area contributed by atoms with E-state index in [2.05, 4.69) is 9.97 Å². The summed E-state index contributed by atoms with van der Waals surface area (Å²) >= 11 is 0. The maximum atomic E-state index is 14.1. The Morgan fingerprint density at radius 2 is 1.08 bits per heavy atom. The molecule has 4 aromatic carbocycles. The first-order chi connectivity index (χ1) is 24.4. The van der Waals surface area contributed by atoms with Crippen LogP contribution in [0.2, 0.25) is 0 Å². The molecule has 0 radical (unpaired) electrons. The molecular formula is C35H26F4N4O8. The minimum atomic E-state index is -1.23. The van der Waals surface area contributed by atoms with Crippen LogP contribution in [0.1, 0.15) is 32.5 Å². The number of carbonyl (C=O) groups excluding carboxylic acids is 2. The highest BCUT2D eigenvalue weighted by molar-refractivity contribution is 5.94. The van der Waals surface area contributed by atoms with Crippen LogP contribution in [0.25, 0.3) is 22.5 Å². The van der Waals surface area contributed by atoms with Gasteiger partial charge in [-0.3, -0.25) is 9.59 Å². The number of phenolic OH excluding ortho intramolecular Hbond substituents is 1. The molecule has 2 aromatic heterocycles. The highest BCUT2D eigenvalue weighted by atomic mass is 19.1. The molecule has 2 amide bonds. The van der Waals surface area contributed by atoms with Crippen molar-refractivity contribution in [3.8, 4) is 45.5 Å². The fraction of sp³-hybridized carbons (Fsp3) is 0.0857. The fourth-order valence-corrected chi connectivity index (χ4v) is 4.43. The van der Waals surface area contributed by atoms with Gasteiger partial charge in [-0.15, -0.1) is 0 Å². The lowest BCUT2D eigenvalue weighted by molar-refractivity contribution is 0.0982. The van der Waals surface area contributed by atoms with Crippen molar-refractivity contribution in [2.24, 2.45) is 11.5 Å². The van der Waals surface area contributed by atoms with Gasteiger partial charge in [-0.05, 0) is 72.8 Å². The van der Waals surface area contributed by atoms with Crippen molar-refractivity contribution in [2.75, 3.05) is 7.11 Å². The first-order valence-corrected chi connectivity index (χ1v) is 14.6. The van der Waals surface area contributed by atoms with Gasteiger partial charge in [0.25, 0.3) is 11.8 Å². The van der Waals surface area contributed by atoms with Crippen LogP contribution in [0.5, 0.6) is 23.0 Å². The van der Waals surface area contributed by atoms with E-state index in [4.69, 9.17) is 34.5 Å². The number of phenols is 1. The monoisotopic (exact) mass is 706 g/mol. The number of ether oxygens (including phenoxy) is 3. The molecule has 0 aliphatic carbocycles. The molecule has 0 saturated heterocycles. The van der Waals surface area contributed by atoms with Crippen LogP contribution in [0.3, 0.4) is 0 Å². The molecule has 0 bridgehead atoms. The molecule has 6 aromatic rings. The zero-order valence-electron chi connectivity index (χ0n) is 26.4. The molecule has 0 aliphatic heterocycles. The van der Waals surface area contributed by atoms with Crippen LogP contribution in [0.15, 0.2) is 94.2 Å². The predicted molar refractivity (Wildman–Crippen MR) is 171 cm³/mol. The van der Waals surface area contributed by atoms with E-state index in [1.54, 1.807) is 43.5 Å². The Labute approximate surface area is 285 Å². The number of hydrogen-bond donors (Lipinski definition) is 3. The third-order valence-corrected chi connectivity index (χ3v) is 6.96. The van der Waals surface area contributed by atoms with Crippen LogP contribution >= 0.6 is 0 Å². The summed E-state index contributed by atoms with van der Waals surface area (Å²) in [6.07, 6.45) is 2.80. The van der Waals surface area contributed by atoms with E-state index in [9.17, 15) is 32.3 Å². The average molecular weight is 707 g/mol. The zero-order chi connectivity index (χ0) is 36.7. The summed E-state index contributed by atoms with van der Waals surface area (Å²) in [5, 5.41) is 9.27. The Bertz CT molecular complexity index is 2170. The van der Waals surface area contributed by atoms with E-state index in [0.717, 1.165) is 29.8 Å². The Morgan fingerprint density at radius 3 is 1.47 bits per heavy atom. The number of nitrogens with zero attached hydrogens (tertiary/aromatic N) is 2. The van der Waals surface area contributed by atoms with Crippen LogP contribution < -0.4 is 25.7 Å². The van der Waals surface area contributed by atoms with Gasteiger partial charge >= 0.3 is 0 Å². The Morgan fingerprint density at radius 1 is 0.667 bits per heavy atom. The van der Waals surface area contributed by atoms with Crippen molar-refractivity contribution < 1.29 is 55.3 Å². The number of aromatic hydroxyl groups is 1. The van der Waals surface area contributed by atoms with Gasteiger partial charge in [-0.2, -0.15) is 0 Å². The van der Waals surface area contributed by atoms with Gasteiger partial charge in [0.1, 0.15) is 58.2 Å². The van der Waals surface area contributed by atoms with Crippen molar-refractivity contribution >= 4 is 11.8 Å². The maximum absolute atomic E-state index is 14.1. The van der Waals surface area contributed by atoms with Crippen LogP contribution in [0, 0.1) is 23.3 Å². The second-order valence-electron chi connectivity index (χ2n) is 10.3. The van der Waals surface area contributed by atoms with Crippen molar-refractivity contribution in [3.05, 3.63) is 131 Å². The normalized spacial score (nSPS) is 10.6. The fourth-order valence-electron chi connectivity index (χ4n) is 4.43. The number of rotatable bonds is 11. The average Bonchev–Trinajstić information content (AvgIpc) is 3.78. The number of hydrogen-bond acceptors (Lipinski definition) is 10. The van der Waals surface area contributed by atoms with E-state index >= 15 is 0 Å². The summed E-state index contributed by atoms with van der Waals surface area (Å²) in [4.78, 5) is 30.6. The van der Waals surface area contributed by atoms with Gasteiger partial charge in [0.2, 0.25) is 11.8 Å². The van der Waals surface area contributed by atoms with Crippen molar-refractivity contribution in [1.29, 1.82) is 0 Å². The van der Waals surface area contributed by atoms with Crippen LogP contribution in [-0.4, -0.2) is 34.0 Å². The lowest BCUT2D eigenvalue weighted by Gasteiger charge is -2.08. The topological polar surface area (TPSA) is 186 Å². The first kappa shape index (κ1) is 35.5. The third-order valence-electron chi connectivity index (χ3n) is 6.96. The lowest BCUT2D eigenvalue weighted by atomic mass is 10.1. The third kappa shape index (κ3) is 8.43. The van der Waals surface area contributed by atoms with Crippen LogP contribution in [-0.2, 0) is 13.2 Å². The minimum Gasteiger partial charge on any atom is -0.508 e. The zero-order valence-corrected chi connectivity index (χ0v) is 26.4. The molecule has 0 fully saturated rings. The quantitative estimate of drug-likeness (QED) is 0.129. The molecule has 0 spiro atoms. The molecule has 0 aliphatic rings. The number of aromatic nitrogens is 2. The summed E-state index contributed by atoms with van der Waals surface area (Å²) in [5.41, 5.74) is 10.8. The molecular weight excluding hydrogens is 680 g/mol. The molecule has 0 saturated carbocycles. The van der Waals surface area contributed by atoms with Gasteiger partial charge in [0.15, 0.2) is 36.3 Å². The molecule has 262 valence electrons. The number of nitrogens with two attached hydrogens (primary N) is 2. The maximum Gasteiger partial charge on any atom is 0.254 e. The minimum absolute atomic E-state index is 0.118. The SMILES string of the molecule is COc1ccc(-c2coc(COc3ccc(F)c(C(N)=O)c3F)n2)cc1.NC(=O)c1c(F)ccc(OCc2nc(-c3ccc(O)cc3)co2)c1F. The van der Waals surface area contributed by atoms with E-state index in [0.29, 0.717) is 22.7 Å². The molecule has 2 heterocycles. The molecule has 6 rings (SSSR count). The number of amides is 2. The molecule has 5 N–H and O–H groups in total. The molecule has 12 nitrogen and oxygen atoms in total. The van der Waals surface area contributed by atoms with E-state index in [-0.39, 0.29) is 42.2 Å². The highest BCUT2D eigenvalue weighted by Gasteiger charge is 2.21. The largest absolute Gasteiger partial charge is 0.508 e. The van der Waals surface area contributed by atoms with Gasteiger partial charge in [-0.1, -0.05) is 0 Å². The predicted octanol–water partition coefficient (Wildman–Crippen LogP) is 6.31. The standard InChI is InChI=1S/C18H14F2N2O4.C17H12F2N2O4/c1-24-11-4-2-10(3-5-11)13-8-26-15(22-13)9-25-14-7-6-12(19)16(17(14)20)18(21)23;18-11-5-6-13(16(19)15(11)17(20)23)24-8-14-21-12(7-25-14)9-1-3-10(22)4-2-9/h2-8H,9H2,1H3,(H2,21,23);1-7,22H,8H2,(H2,20,23). The van der Waals surface area contributed by atoms with Gasteiger partial charge < -0.3 is 39.6 Å². The van der Waals surface area contributed by atoms with E-state index in [1.165, 1.54) is 24.7 Å². The number of benzene rings is 4. The van der Waals surface area contributed by atoms with E-state index in [1.807, 2.05) is 0 Å². The smallest absolute Gasteiger partial charge is 0.254 e. The highest BCUT2D eigenvalue weighted by Crippen LogP contribution is 2.27. The lowest BCUT2D eigenvalue weighted by Crippen LogP contribution is -2.16. The summed E-state index contributed by atoms with van der Waals surface area (Å²) in [5.74, 6) is -6.45. The molecule has 0 unspecified atom stereocenters. The molecule has 0 atom stereocenters. The number of carbonyl (C=O) groups is 2. The molecule has 51 heavy (non-hydrogen) atoms. The summed E-state index contributed by atoms with van der Waals surface area (Å²) < 4.78 is 81.0. The summed E-state index contributed by atoms with van der Waals surface area (Å²) in [7, 11) is 1.57. The summed E-state index contributed by atoms with van der Waals surface area (Å²) in [6, 6.07) is 17.4. The second-order valence-corrected chi connectivity index (χ2v) is 10.3. The van der Waals surface area contributed by atoms with Crippen molar-refractivity contribution in [3.63, 3.8) is 0 Å². The Balaban J connectivity index is 0.000000198. The number of methoxy groups -OCH3 is 1. The van der Waals surface area contributed by atoms with Crippen molar-refractivity contribution in [2.45, 2.75) is 13.2 Å². The van der Waals surface area contributed by atoms with E-state index < -0.39 is 46.2 Å². The molecule has 16 heteroatoms. The first-order valence-electron chi connectivity index (χ1n) is 14.6. The van der Waals surface area contributed by atoms with Gasteiger partial charge in [0, 0.05) is 11.1 Å². The number of oxazole rings is 2. The number of primary amides is 2. The Hall–Kier alpha value is -6.84. The second kappa shape index (κ2) is 15.6. The van der Waals surface area contributed by atoms with Crippen molar-refractivity contribution in [1.82, 2.24) is 9.97 Å². The van der Waals surface area contributed by atoms with Crippen LogP contribution in [0.4, 0.5) is 17.6 Å². The van der Waals surface area contributed by atoms with Gasteiger partial charge in [-0.25, -0.2) is 27.5 Å². The number of halogens is 4. The Kier molecular flexibility index (Phi) is 10.8. The summed E-state index contributed by atoms with van der Waals surface area (Å²) in [6.45, 7) is -0.449.